The van der Waals surface area contributed by atoms with E-state index >= 15 is 0 Å². The zero-order valence-corrected chi connectivity index (χ0v) is 82.6. The van der Waals surface area contributed by atoms with Crippen LogP contribution in [0.1, 0.15) is 44.5 Å². The fourth-order valence-corrected chi connectivity index (χ4v) is 20.3. The molecule has 0 saturated carbocycles. The molecule has 4 aromatic carbocycles. The first-order valence-electron chi connectivity index (χ1n) is 50.5. The average Bonchev–Trinajstić information content (AvgIpc) is 1.59. The number of hydrogen-bond acceptors (Lipinski definition) is 26. The third-order valence-electron chi connectivity index (χ3n) is 27.1. The van der Waals surface area contributed by atoms with E-state index in [1.165, 1.54) is 0 Å². The second-order valence-electron chi connectivity index (χ2n) is 36.2. The molecule has 20 heterocycles. The number of nitrogens with zero attached hydrogens (tertiary/aromatic N) is 12. The van der Waals surface area contributed by atoms with Crippen LogP contribution in [0.5, 0.6) is 0 Å². The lowest BCUT2D eigenvalue weighted by Gasteiger charge is -2.09. The molecule has 8 aliphatic rings. The Hall–Kier alpha value is -15.2. The van der Waals surface area contributed by atoms with Gasteiger partial charge in [-0.05, 0) is 72.8 Å². The van der Waals surface area contributed by atoms with E-state index in [0.717, 1.165) is 98.7 Å². The predicted molar refractivity (Wildman–Crippen MR) is 558 cm³/mol. The molecular formula is C112H112N16O22. The lowest BCUT2D eigenvalue weighted by atomic mass is 9.95. The van der Waals surface area contributed by atoms with Crippen molar-refractivity contribution in [1.29, 1.82) is 0 Å². The van der Waals surface area contributed by atoms with Gasteiger partial charge in [-0.25, -0.2) is 19.9 Å². The van der Waals surface area contributed by atoms with Gasteiger partial charge in [0, 0.05) is 236 Å². The van der Waals surface area contributed by atoms with Gasteiger partial charge in [-0.1, -0.05) is 72.8 Å². The first-order chi connectivity index (χ1) is 73.9. The summed E-state index contributed by atoms with van der Waals surface area (Å²) in [5.74, 6) is -3.25. The van der Waals surface area contributed by atoms with Gasteiger partial charge in [0.05, 0.1) is 230 Å². The summed E-state index contributed by atoms with van der Waals surface area (Å²) in [5, 5.41) is 16.9. The fourth-order valence-electron chi connectivity index (χ4n) is 20.3. The van der Waals surface area contributed by atoms with Crippen LogP contribution < -0.4 is 21.3 Å². The molecule has 16 aromatic rings. The van der Waals surface area contributed by atoms with Crippen LogP contribution in [0.3, 0.4) is 0 Å². The molecule has 24 rings (SSSR count). The highest BCUT2D eigenvalue weighted by atomic mass is 16.6. The van der Waals surface area contributed by atoms with Crippen molar-refractivity contribution in [3.05, 3.63) is 264 Å². The van der Waals surface area contributed by atoms with Crippen molar-refractivity contribution >= 4 is 180 Å². The largest absolute Gasteiger partial charge is 0.377 e. The normalized spacial score (nSPS) is 18.3. The van der Waals surface area contributed by atoms with Crippen LogP contribution in [0.25, 0.3) is 132 Å². The number of nitrogens with one attached hydrogen (secondary N) is 4. The molecule has 0 radical (unpaired) electrons. The molecule has 12 aromatic heterocycles. The van der Waals surface area contributed by atoms with Gasteiger partial charge in [0.2, 0.25) is 0 Å². The van der Waals surface area contributed by atoms with Gasteiger partial charge in [-0.15, -0.1) is 0 Å². The summed E-state index contributed by atoms with van der Waals surface area (Å²) < 4.78 is 95.8. The molecule has 0 spiro atoms. The summed E-state index contributed by atoms with van der Waals surface area (Å²) in [6.07, 6.45) is 22.2. The number of benzene rings is 4. The maximum Gasteiger partial charge on any atom is 0.259 e. The Balaban J connectivity index is 0.000000117. The predicted octanol–water partition coefficient (Wildman–Crippen LogP) is 10.5. The molecule has 0 saturated heterocycles. The first-order valence-corrected chi connectivity index (χ1v) is 50.5. The van der Waals surface area contributed by atoms with Gasteiger partial charge in [-0.2, -0.15) is 0 Å². The van der Waals surface area contributed by atoms with Crippen molar-refractivity contribution in [2.75, 3.05) is 185 Å². The summed E-state index contributed by atoms with van der Waals surface area (Å²) >= 11 is 0. The molecule has 8 aliphatic heterocycles. The Bertz CT molecular complexity index is 7030. The summed E-state index contributed by atoms with van der Waals surface area (Å²) in [4.78, 5) is 124. The molecule has 0 fully saturated rings. The zero-order valence-electron chi connectivity index (χ0n) is 82.6. The van der Waals surface area contributed by atoms with Gasteiger partial charge >= 0.3 is 0 Å². The van der Waals surface area contributed by atoms with Crippen molar-refractivity contribution in [3.8, 4) is 0 Å². The second kappa shape index (κ2) is 47.5. The van der Waals surface area contributed by atoms with E-state index in [1.54, 1.807) is 24.8 Å². The number of aromatic nitrogens is 12. The lowest BCUT2D eigenvalue weighted by molar-refractivity contribution is -0.124. The fraction of sp³-hybridized carbons (Fsp3) is 0.321. The molecule has 4 N–H and O–H groups in total. The first kappa shape index (κ1) is 101. The molecular weight excluding hydrogens is 1920 g/mol. The quantitative estimate of drug-likeness (QED) is 0.102. The van der Waals surface area contributed by atoms with Crippen LogP contribution in [0.2, 0.25) is 0 Å². The lowest BCUT2D eigenvalue weighted by Crippen LogP contribution is -2.22. The highest BCUT2D eigenvalue weighted by molar-refractivity contribution is 6.54. The highest BCUT2D eigenvalue weighted by Crippen LogP contribution is 2.45. The van der Waals surface area contributed by atoms with E-state index in [4.69, 9.17) is 66.3 Å². The van der Waals surface area contributed by atoms with E-state index in [2.05, 4.69) is 59.5 Å². The Morgan fingerprint density at radius 3 is 0.487 bits per heavy atom. The maximum atomic E-state index is 13.3. The van der Waals surface area contributed by atoms with E-state index in [0.29, 0.717) is 315 Å². The molecule has 16 bridgehead atoms. The van der Waals surface area contributed by atoms with E-state index in [1.807, 2.05) is 213 Å². The minimum atomic E-state index is -0.436. The van der Waals surface area contributed by atoms with Gasteiger partial charge in [0.25, 0.3) is 47.3 Å². The summed E-state index contributed by atoms with van der Waals surface area (Å²) in [6.45, 7) is 18.0. The molecule has 0 unspecified atom stereocenters. The number of ether oxygens (including phenoxy) is 14. The molecule has 150 heavy (non-hydrogen) atoms. The van der Waals surface area contributed by atoms with Gasteiger partial charge in [0.15, 0.2) is 0 Å². The summed E-state index contributed by atoms with van der Waals surface area (Å²) in [6, 6.07) is 46.7. The number of rotatable bonds is 0. The molecule has 8 amide bonds. The van der Waals surface area contributed by atoms with Crippen molar-refractivity contribution in [2.45, 2.75) is 52.4 Å². The minimum absolute atomic E-state index is 0.324. The van der Waals surface area contributed by atoms with E-state index < -0.39 is 23.6 Å². The average molecular weight is 2030 g/mol. The highest BCUT2D eigenvalue weighted by Gasteiger charge is 2.41. The van der Waals surface area contributed by atoms with E-state index in [-0.39, 0.29) is 23.6 Å². The summed E-state index contributed by atoms with van der Waals surface area (Å²) in [7, 11) is 0. The smallest absolute Gasteiger partial charge is 0.259 e. The van der Waals surface area contributed by atoms with Gasteiger partial charge < -0.3 is 103 Å². The molecule has 772 valence electrons. The van der Waals surface area contributed by atoms with Crippen LogP contribution in [0.15, 0.2) is 220 Å². The number of para-hydroxylation sites is 4. The van der Waals surface area contributed by atoms with Crippen LogP contribution in [0.4, 0.5) is 0 Å². The Kier molecular flexibility index (Phi) is 31.9. The van der Waals surface area contributed by atoms with Crippen LogP contribution >= 0.6 is 0 Å². The molecule has 38 heteroatoms. The molecule has 0 aliphatic carbocycles. The van der Waals surface area contributed by atoms with E-state index in [9.17, 15) is 38.4 Å². The third-order valence-corrected chi connectivity index (χ3v) is 27.1. The monoisotopic (exact) mass is 2030 g/mol. The number of fused-ring (bicyclic) bond motifs is 48. The van der Waals surface area contributed by atoms with Gasteiger partial charge in [0.1, 0.15) is 22.6 Å². The van der Waals surface area contributed by atoms with Crippen molar-refractivity contribution in [1.82, 2.24) is 77.7 Å². The Labute approximate surface area is 859 Å². The van der Waals surface area contributed by atoms with Crippen LogP contribution in [-0.4, -0.2) is 289 Å². The zero-order chi connectivity index (χ0) is 102. The topological polar surface area (TPSA) is 405 Å². The standard InChI is InChI=1S/C30H31N3O6.C28H29N5O6.C28H27N3O5.C26H25N5O5/c34-29-27-23-19-32(25-7-3-1-5-21(23)25)9-11-36-13-15-38-17-18-39-16-14-37-12-10-33-20-24(28(27)30(35)31-29)22-6-2-4-8-26(22)33;34-27-23-21-17-32(25-19(21)3-1-5-29-25)7-9-36-11-13-38-15-16-39-14-12-37-10-8-33-18-22(24(23)28(35)31-27)20-4-2-6-30-26(20)33;32-27-25-21-17-30(23-7-3-1-5-19(21)23)9-11-34-13-15-36-16-14-35-12-10-31-18-22(26(25)28(33)29-27)20-6-2-4-8-24(20)31;32-25-21-19-15-30(23-17(19)3-1-5-27-23)7-9-34-11-13-36-14-12-35-10-8-31-16-20(22(21)26(33)29-25)18-4-2-6-28-24(18)31/h1-8,19-20H,9-18H2,(H,31,34,35);1-6,17-18H,7-16H2,(H,31,34,35);1-8,17-18H,9-16H2,(H,29,32,33);1-6,15-16H,7-14H2,(H,29,32,33). The number of amides is 8. The second-order valence-corrected chi connectivity index (χ2v) is 36.2. The third kappa shape index (κ3) is 21.6. The van der Waals surface area contributed by atoms with Crippen molar-refractivity contribution in [2.24, 2.45) is 0 Å². The number of carbonyl (C=O) groups is 8. The minimum Gasteiger partial charge on any atom is -0.377 e. The molecule has 0 atom stereocenters. The van der Waals surface area contributed by atoms with Crippen molar-refractivity contribution < 1.29 is 105 Å². The Morgan fingerprint density at radius 2 is 0.307 bits per heavy atom. The molecule has 38 nitrogen and oxygen atoms in total. The number of hydrogen-bond donors (Lipinski definition) is 4. The number of pyridine rings is 4. The maximum absolute atomic E-state index is 13.3. The van der Waals surface area contributed by atoms with Gasteiger partial charge in [-0.3, -0.25) is 59.6 Å². The Morgan fingerprint density at radius 1 is 0.167 bits per heavy atom. The summed E-state index contributed by atoms with van der Waals surface area (Å²) in [5.41, 5.74) is 15.3. The van der Waals surface area contributed by atoms with Crippen molar-refractivity contribution in [3.63, 3.8) is 0 Å². The SMILES string of the molecule is O=C1NC(=O)C2=C1c1cn(c3ccccc13)CCOCCOCCOCCOCCn1cc2c2ccccc21.O=C1NC(=O)C2=C1c1cn(c3ccccc13)CCOCCOCCOCCn1cc2c2ccccc21.O=C1NC(=O)C2=C1c1cn(c3ncccc13)CCOCCOCCOCCOCCn1cc2c2cccnc21.O=C1NC(=O)C2=C1c1cn(c3ncccc13)CCOCCOCCOCCn1cc2c2cccnc21. The number of carbonyl (C=O) groups excluding carboxylic acids is 8. The van der Waals surface area contributed by atoms with Crippen LogP contribution in [0, 0.1) is 0 Å². The number of imide groups is 4. The van der Waals surface area contributed by atoms with Crippen LogP contribution in [-0.2, 0) is 157 Å².